The van der Waals surface area contributed by atoms with E-state index in [1.165, 1.54) is 12.8 Å². The summed E-state index contributed by atoms with van der Waals surface area (Å²) in [7, 11) is 0. The molecule has 19 heavy (non-hydrogen) atoms. The summed E-state index contributed by atoms with van der Waals surface area (Å²) in [6.07, 6.45) is 8.18. The largest absolute Gasteiger partial charge is 0.332 e. The van der Waals surface area contributed by atoms with E-state index in [1.807, 2.05) is 0 Å². The Hall–Kier alpha value is -0.530. The number of amides is 1. The zero-order valence-electron chi connectivity index (χ0n) is 13.9. The van der Waals surface area contributed by atoms with E-state index in [1.54, 1.807) is 6.92 Å². The molecule has 112 valence electrons. The van der Waals surface area contributed by atoms with Gasteiger partial charge < -0.3 is 4.90 Å². The number of rotatable bonds is 5. The lowest BCUT2D eigenvalue weighted by atomic mass is 9.67. The molecule has 1 aliphatic rings. The van der Waals surface area contributed by atoms with E-state index >= 15 is 0 Å². The van der Waals surface area contributed by atoms with Gasteiger partial charge in [-0.2, -0.15) is 0 Å². The highest BCUT2D eigenvalue weighted by molar-refractivity contribution is 5.75. The van der Waals surface area contributed by atoms with Crippen molar-refractivity contribution in [2.45, 2.75) is 97.6 Å². The highest BCUT2D eigenvalue weighted by Gasteiger charge is 2.51. The van der Waals surface area contributed by atoms with Crippen LogP contribution in [-0.2, 0) is 4.79 Å². The van der Waals surface area contributed by atoms with Crippen LogP contribution in [0, 0.1) is 5.92 Å². The van der Waals surface area contributed by atoms with Crippen molar-refractivity contribution in [3.8, 4) is 0 Å². The normalized spacial score (nSPS) is 35.5. The van der Waals surface area contributed by atoms with Gasteiger partial charge in [-0.1, -0.05) is 40.0 Å². The summed E-state index contributed by atoms with van der Waals surface area (Å²) >= 11 is 0. The van der Waals surface area contributed by atoms with Gasteiger partial charge in [0.2, 0.25) is 5.91 Å². The van der Waals surface area contributed by atoms with Crippen LogP contribution in [0.3, 0.4) is 0 Å². The second-order valence-electron chi connectivity index (χ2n) is 6.85. The first kappa shape index (κ1) is 16.5. The third kappa shape index (κ3) is 2.98. The van der Waals surface area contributed by atoms with Crippen LogP contribution in [-0.4, -0.2) is 21.9 Å². The molecular weight excluding hydrogens is 234 g/mol. The van der Waals surface area contributed by atoms with Gasteiger partial charge in [-0.05, 0) is 45.4 Å². The second-order valence-corrected chi connectivity index (χ2v) is 6.85. The molecule has 3 atom stereocenters. The van der Waals surface area contributed by atoms with Crippen LogP contribution < -0.4 is 0 Å². The molecular formula is C17H33NO. The van der Waals surface area contributed by atoms with E-state index in [0.29, 0.717) is 5.92 Å². The number of hydrogen-bond acceptors (Lipinski definition) is 1. The summed E-state index contributed by atoms with van der Waals surface area (Å²) in [4.78, 5) is 14.6. The molecule has 0 aromatic carbocycles. The quantitative estimate of drug-likeness (QED) is 0.702. The number of carbonyl (C=O) groups excluding carboxylic acids is 1. The molecule has 1 fully saturated rings. The highest BCUT2D eigenvalue weighted by atomic mass is 16.2. The predicted molar refractivity (Wildman–Crippen MR) is 82.2 cm³/mol. The Kier molecular flexibility index (Phi) is 5.46. The lowest BCUT2D eigenvalue weighted by Gasteiger charge is -2.59. The van der Waals surface area contributed by atoms with E-state index in [4.69, 9.17) is 0 Å². The van der Waals surface area contributed by atoms with Crippen LogP contribution in [0.2, 0.25) is 0 Å². The summed E-state index contributed by atoms with van der Waals surface area (Å²) < 4.78 is 0. The number of carbonyl (C=O) groups is 1. The molecule has 0 N–H and O–H groups in total. The maximum Gasteiger partial charge on any atom is 0.220 e. The van der Waals surface area contributed by atoms with Crippen LogP contribution in [0.4, 0.5) is 0 Å². The third-order valence-corrected chi connectivity index (χ3v) is 5.31. The summed E-state index contributed by atoms with van der Waals surface area (Å²) in [5.41, 5.74) is 0.119. The monoisotopic (exact) mass is 267 g/mol. The van der Waals surface area contributed by atoms with E-state index in [9.17, 15) is 4.79 Å². The number of likely N-dealkylation sites (tertiary alicyclic amines) is 1. The van der Waals surface area contributed by atoms with Crippen LogP contribution in [0.1, 0.15) is 86.5 Å². The Morgan fingerprint density at radius 2 is 1.74 bits per heavy atom. The van der Waals surface area contributed by atoms with Gasteiger partial charge in [0.1, 0.15) is 0 Å². The Bertz CT molecular complexity index is 314. The maximum absolute atomic E-state index is 12.4. The predicted octanol–water partition coefficient (Wildman–Crippen LogP) is 4.77. The van der Waals surface area contributed by atoms with Crippen molar-refractivity contribution < 1.29 is 4.79 Å². The van der Waals surface area contributed by atoms with Crippen molar-refractivity contribution in [3.63, 3.8) is 0 Å². The van der Waals surface area contributed by atoms with Gasteiger partial charge in [0, 0.05) is 18.0 Å². The molecule has 1 amide bonds. The minimum absolute atomic E-state index is 0.0531. The minimum atomic E-state index is 0.0531. The fourth-order valence-electron chi connectivity index (χ4n) is 4.69. The molecule has 1 rings (SSSR count). The van der Waals surface area contributed by atoms with Crippen molar-refractivity contribution in [3.05, 3.63) is 0 Å². The molecule has 0 aliphatic carbocycles. The first-order chi connectivity index (χ1) is 8.85. The molecule has 1 heterocycles. The van der Waals surface area contributed by atoms with Gasteiger partial charge in [-0.15, -0.1) is 0 Å². The fraction of sp³-hybridized carbons (Fsp3) is 0.941. The molecule has 0 aromatic rings. The molecule has 0 bridgehead atoms. The third-order valence-electron chi connectivity index (χ3n) is 5.31. The summed E-state index contributed by atoms with van der Waals surface area (Å²) in [6, 6.07) is 0. The molecule has 0 spiro atoms. The lowest BCUT2D eigenvalue weighted by molar-refractivity contribution is -0.157. The summed E-state index contributed by atoms with van der Waals surface area (Å²) in [5, 5.41) is 0. The van der Waals surface area contributed by atoms with Crippen LogP contribution in [0.5, 0.6) is 0 Å². The molecule has 0 radical (unpaired) electrons. The van der Waals surface area contributed by atoms with Crippen molar-refractivity contribution in [2.24, 2.45) is 5.92 Å². The molecule has 3 unspecified atom stereocenters. The summed E-state index contributed by atoms with van der Waals surface area (Å²) in [5.74, 6) is 0.923. The van der Waals surface area contributed by atoms with Crippen molar-refractivity contribution >= 4 is 5.91 Å². The fourth-order valence-corrected chi connectivity index (χ4v) is 4.69. The Balaban J connectivity index is 3.19. The van der Waals surface area contributed by atoms with Crippen molar-refractivity contribution in [1.29, 1.82) is 0 Å². The zero-order valence-corrected chi connectivity index (χ0v) is 13.9. The van der Waals surface area contributed by atoms with E-state index in [2.05, 4.69) is 39.5 Å². The second kappa shape index (κ2) is 6.28. The average molecular weight is 267 g/mol. The first-order valence-corrected chi connectivity index (χ1v) is 8.16. The van der Waals surface area contributed by atoms with Gasteiger partial charge in [0.25, 0.3) is 0 Å². The van der Waals surface area contributed by atoms with Gasteiger partial charge in [-0.3, -0.25) is 4.79 Å². The van der Waals surface area contributed by atoms with Crippen molar-refractivity contribution in [2.75, 3.05) is 0 Å². The highest BCUT2D eigenvalue weighted by Crippen LogP contribution is 2.47. The van der Waals surface area contributed by atoms with E-state index in [0.717, 1.165) is 32.1 Å². The number of nitrogens with zero attached hydrogens (tertiary/aromatic N) is 1. The Morgan fingerprint density at radius 1 is 1.16 bits per heavy atom. The van der Waals surface area contributed by atoms with Crippen molar-refractivity contribution in [1.82, 2.24) is 4.90 Å². The van der Waals surface area contributed by atoms with Gasteiger partial charge in [0.15, 0.2) is 0 Å². The molecule has 2 nitrogen and oxygen atoms in total. The first-order valence-electron chi connectivity index (χ1n) is 8.16. The molecule has 0 aromatic heterocycles. The molecule has 1 aliphatic heterocycles. The Morgan fingerprint density at radius 3 is 2.16 bits per heavy atom. The number of piperidine rings is 1. The molecule has 2 heteroatoms. The van der Waals surface area contributed by atoms with Gasteiger partial charge >= 0.3 is 0 Å². The number of hydrogen-bond donors (Lipinski definition) is 0. The molecule has 1 saturated heterocycles. The minimum Gasteiger partial charge on any atom is -0.332 e. The van der Waals surface area contributed by atoms with Gasteiger partial charge in [-0.25, -0.2) is 0 Å². The zero-order chi connectivity index (χ0) is 14.7. The van der Waals surface area contributed by atoms with Gasteiger partial charge in [0.05, 0.1) is 0 Å². The lowest BCUT2D eigenvalue weighted by Crippen LogP contribution is -2.66. The topological polar surface area (TPSA) is 20.3 Å². The van der Waals surface area contributed by atoms with E-state index < -0.39 is 0 Å². The van der Waals surface area contributed by atoms with Crippen LogP contribution in [0.25, 0.3) is 0 Å². The molecule has 0 saturated carbocycles. The summed E-state index contributed by atoms with van der Waals surface area (Å²) in [6.45, 7) is 13.1. The average Bonchev–Trinajstić information content (AvgIpc) is 2.28. The van der Waals surface area contributed by atoms with Crippen LogP contribution >= 0.6 is 0 Å². The Labute approximate surface area is 119 Å². The maximum atomic E-state index is 12.4. The SMILES string of the molecule is CCCC1(C)CCC(CC)C(C)(CCC)N1C(C)=O. The van der Waals surface area contributed by atoms with E-state index in [-0.39, 0.29) is 17.0 Å². The standard InChI is InChI=1S/C17H33NO/c1-7-11-16(5)13-10-15(9-3)17(6,12-8-2)18(16)14(4)19/h15H,7-13H2,1-6H3. The van der Waals surface area contributed by atoms with Crippen LogP contribution in [0.15, 0.2) is 0 Å². The smallest absolute Gasteiger partial charge is 0.220 e.